The summed E-state index contributed by atoms with van der Waals surface area (Å²) in [6.45, 7) is 4.67. The normalized spacial score (nSPS) is 10.9. The number of nitrogens with one attached hydrogen (secondary N) is 1. The molecule has 2 heteroatoms. The summed E-state index contributed by atoms with van der Waals surface area (Å²) < 4.78 is 6.11. The van der Waals surface area contributed by atoms with Crippen LogP contribution in [0.15, 0.2) is 66.7 Å². The molecule has 0 amide bonds. The Kier molecular flexibility index (Phi) is 6.47. The predicted octanol–water partition coefficient (Wildman–Crippen LogP) is 5.70. The van der Waals surface area contributed by atoms with E-state index in [9.17, 15) is 0 Å². The summed E-state index contributed by atoms with van der Waals surface area (Å²) in [5.41, 5.74) is 2.55. The van der Waals surface area contributed by atoms with E-state index in [0.717, 1.165) is 31.9 Å². The van der Waals surface area contributed by atoms with E-state index in [1.165, 1.54) is 34.7 Å². The molecule has 0 bridgehead atoms. The number of rotatable bonds is 9. The second kappa shape index (κ2) is 9.24. The highest BCUT2D eigenvalue weighted by Gasteiger charge is 2.09. The summed E-state index contributed by atoms with van der Waals surface area (Å²) in [7, 11) is 0. The van der Waals surface area contributed by atoms with Crippen LogP contribution in [0.2, 0.25) is 0 Å². The van der Waals surface area contributed by atoms with Crippen LogP contribution in [0.5, 0.6) is 5.75 Å². The van der Waals surface area contributed by atoms with Gasteiger partial charge in [-0.25, -0.2) is 0 Å². The third-order valence-electron chi connectivity index (χ3n) is 4.48. The molecule has 0 spiro atoms. The minimum Gasteiger partial charge on any atom is -0.493 e. The van der Waals surface area contributed by atoms with Gasteiger partial charge in [0.15, 0.2) is 0 Å². The molecule has 130 valence electrons. The Morgan fingerprint density at radius 1 is 0.800 bits per heavy atom. The van der Waals surface area contributed by atoms with Crippen molar-refractivity contribution in [2.75, 3.05) is 6.61 Å². The van der Waals surface area contributed by atoms with Gasteiger partial charge in [-0.3, -0.25) is 0 Å². The molecule has 0 unspecified atom stereocenters. The molecule has 2 nitrogen and oxygen atoms in total. The van der Waals surface area contributed by atoms with Gasteiger partial charge < -0.3 is 10.1 Å². The van der Waals surface area contributed by atoms with Crippen LogP contribution in [0.4, 0.5) is 0 Å². The van der Waals surface area contributed by atoms with E-state index in [1.807, 2.05) is 0 Å². The highest BCUT2D eigenvalue weighted by molar-refractivity contribution is 5.87. The summed E-state index contributed by atoms with van der Waals surface area (Å²) in [4.78, 5) is 0. The average Bonchev–Trinajstić information content (AvgIpc) is 2.67. The van der Waals surface area contributed by atoms with Gasteiger partial charge in [0, 0.05) is 18.7 Å². The lowest BCUT2D eigenvalue weighted by atomic mass is 10.0. The molecule has 3 aromatic rings. The van der Waals surface area contributed by atoms with Crippen LogP contribution in [-0.2, 0) is 13.1 Å². The van der Waals surface area contributed by atoms with Crippen LogP contribution < -0.4 is 10.1 Å². The SMILES string of the molecule is CCCCCOc1ccc2ccccc2c1CNCc1ccccc1. The minimum absolute atomic E-state index is 0.790. The number of fused-ring (bicyclic) bond motifs is 1. The van der Waals surface area contributed by atoms with E-state index in [1.54, 1.807) is 0 Å². The maximum Gasteiger partial charge on any atom is 0.124 e. The second-order valence-electron chi connectivity index (χ2n) is 6.41. The Balaban J connectivity index is 1.74. The summed E-state index contributed by atoms with van der Waals surface area (Å²) in [5.74, 6) is 1.01. The Bertz CT molecular complexity index is 782. The number of hydrogen-bond donors (Lipinski definition) is 1. The second-order valence-corrected chi connectivity index (χ2v) is 6.41. The van der Waals surface area contributed by atoms with Crippen molar-refractivity contribution in [1.29, 1.82) is 0 Å². The quantitative estimate of drug-likeness (QED) is 0.507. The maximum absolute atomic E-state index is 6.11. The van der Waals surface area contributed by atoms with Gasteiger partial charge in [0.25, 0.3) is 0 Å². The molecule has 0 aliphatic carbocycles. The Morgan fingerprint density at radius 2 is 1.60 bits per heavy atom. The fraction of sp³-hybridized carbons (Fsp3) is 0.304. The topological polar surface area (TPSA) is 21.3 Å². The van der Waals surface area contributed by atoms with Crippen molar-refractivity contribution in [1.82, 2.24) is 5.32 Å². The lowest BCUT2D eigenvalue weighted by Crippen LogP contribution is -2.14. The Morgan fingerprint density at radius 3 is 2.44 bits per heavy atom. The maximum atomic E-state index is 6.11. The molecule has 0 saturated carbocycles. The first-order valence-corrected chi connectivity index (χ1v) is 9.26. The zero-order chi connectivity index (χ0) is 17.3. The summed E-state index contributed by atoms with van der Waals surface area (Å²) >= 11 is 0. The van der Waals surface area contributed by atoms with Gasteiger partial charge >= 0.3 is 0 Å². The summed E-state index contributed by atoms with van der Waals surface area (Å²) in [5, 5.41) is 6.11. The summed E-state index contributed by atoms with van der Waals surface area (Å²) in [6, 6.07) is 23.3. The lowest BCUT2D eigenvalue weighted by Gasteiger charge is -2.15. The molecule has 3 rings (SSSR count). The van der Waals surface area contributed by atoms with Crippen molar-refractivity contribution >= 4 is 10.8 Å². The third kappa shape index (κ3) is 4.83. The standard InChI is InChI=1S/C23H27NO/c1-2-3-9-16-25-23-15-14-20-12-7-8-13-21(20)22(23)18-24-17-19-10-5-4-6-11-19/h4-8,10-15,24H,2-3,9,16-18H2,1H3. The average molecular weight is 333 g/mol. The third-order valence-corrected chi connectivity index (χ3v) is 4.48. The monoisotopic (exact) mass is 333 g/mol. The molecule has 0 aliphatic rings. The first kappa shape index (κ1) is 17.5. The first-order chi connectivity index (χ1) is 12.4. The highest BCUT2D eigenvalue weighted by Crippen LogP contribution is 2.28. The fourth-order valence-corrected chi connectivity index (χ4v) is 3.10. The van der Waals surface area contributed by atoms with Crippen LogP contribution in [0.25, 0.3) is 10.8 Å². The Labute approximate surface area is 150 Å². The van der Waals surface area contributed by atoms with Crippen molar-refractivity contribution in [2.24, 2.45) is 0 Å². The molecule has 3 aromatic carbocycles. The van der Waals surface area contributed by atoms with E-state index < -0.39 is 0 Å². The van der Waals surface area contributed by atoms with Gasteiger partial charge in [-0.2, -0.15) is 0 Å². The molecule has 0 aliphatic heterocycles. The molecule has 0 saturated heterocycles. The van der Waals surface area contributed by atoms with Crippen molar-refractivity contribution in [3.63, 3.8) is 0 Å². The van der Waals surface area contributed by atoms with Crippen LogP contribution in [0.3, 0.4) is 0 Å². The van der Waals surface area contributed by atoms with Crippen LogP contribution >= 0.6 is 0 Å². The van der Waals surface area contributed by atoms with Gasteiger partial charge in [-0.05, 0) is 28.8 Å². The lowest BCUT2D eigenvalue weighted by molar-refractivity contribution is 0.303. The van der Waals surface area contributed by atoms with Gasteiger partial charge in [0.1, 0.15) is 5.75 Å². The number of ether oxygens (including phenoxy) is 1. The zero-order valence-corrected chi connectivity index (χ0v) is 15.0. The smallest absolute Gasteiger partial charge is 0.124 e. The van der Waals surface area contributed by atoms with Crippen molar-refractivity contribution in [3.05, 3.63) is 77.9 Å². The fourth-order valence-electron chi connectivity index (χ4n) is 3.10. The van der Waals surface area contributed by atoms with Crippen LogP contribution in [-0.4, -0.2) is 6.61 Å². The molecule has 0 heterocycles. The molecule has 0 radical (unpaired) electrons. The molecule has 25 heavy (non-hydrogen) atoms. The Hall–Kier alpha value is -2.32. The van der Waals surface area contributed by atoms with Gasteiger partial charge in [0.05, 0.1) is 6.61 Å². The van der Waals surface area contributed by atoms with Crippen molar-refractivity contribution in [2.45, 2.75) is 39.3 Å². The largest absolute Gasteiger partial charge is 0.493 e. The summed E-state index contributed by atoms with van der Waals surface area (Å²) in [6.07, 6.45) is 3.54. The van der Waals surface area contributed by atoms with Gasteiger partial charge in [0.2, 0.25) is 0 Å². The van der Waals surface area contributed by atoms with E-state index in [4.69, 9.17) is 4.74 Å². The minimum atomic E-state index is 0.790. The van der Waals surface area contributed by atoms with Gasteiger partial charge in [-0.15, -0.1) is 0 Å². The number of benzene rings is 3. The molecule has 0 aromatic heterocycles. The van der Waals surface area contributed by atoms with Crippen molar-refractivity contribution < 1.29 is 4.74 Å². The number of unbranched alkanes of at least 4 members (excludes halogenated alkanes) is 2. The number of hydrogen-bond acceptors (Lipinski definition) is 2. The molecule has 0 fully saturated rings. The van der Waals surface area contributed by atoms with Crippen LogP contribution in [0, 0.1) is 0 Å². The van der Waals surface area contributed by atoms with E-state index in [0.29, 0.717) is 0 Å². The molecular weight excluding hydrogens is 306 g/mol. The van der Waals surface area contributed by atoms with Crippen molar-refractivity contribution in [3.8, 4) is 5.75 Å². The van der Waals surface area contributed by atoms with E-state index >= 15 is 0 Å². The van der Waals surface area contributed by atoms with Gasteiger partial charge in [-0.1, -0.05) is 80.4 Å². The molecule has 0 atom stereocenters. The highest BCUT2D eigenvalue weighted by atomic mass is 16.5. The van der Waals surface area contributed by atoms with E-state index in [2.05, 4.69) is 79.0 Å². The van der Waals surface area contributed by atoms with E-state index in [-0.39, 0.29) is 0 Å². The molecular formula is C23H27NO. The zero-order valence-electron chi connectivity index (χ0n) is 15.0. The first-order valence-electron chi connectivity index (χ1n) is 9.26. The predicted molar refractivity (Wildman–Crippen MR) is 106 cm³/mol. The van der Waals surface area contributed by atoms with Crippen LogP contribution in [0.1, 0.15) is 37.3 Å². The molecule has 1 N–H and O–H groups in total.